The number of allylic oxidation sites excluding steroid dienone is 1. The molecular weight excluding hydrogens is 308 g/mol. The summed E-state index contributed by atoms with van der Waals surface area (Å²) in [7, 11) is 0. The molecule has 132 valence electrons. The second kappa shape index (κ2) is 8.62. The number of ether oxygens (including phenoxy) is 3. The van der Waals surface area contributed by atoms with Gasteiger partial charge in [0.2, 0.25) is 0 Å². The molecule has 0 fully saturated rings. The van der Waals surface area contributed by atoms with E-state index < -0.39 is 5.97 Å². The molecule has 1 aromatic rings. The zero-order chi connectivity index (χ0) is 17.5. The van der Waals surface area contributed by atoms with Crippen molar-refractivity contribution in [1.29, 1.82) is 0 Å². The van der Waals surface area contributed by atoms with Gasteiger partial charge in [-0.2, -0.15) is 0 Å². The van der Waals surface area contributed by atoms with Crippen molar-refractivity contribution in [2.24, 2.45) is 0 Å². The molecule has 0 bridgehead atoms. The van der Waals surface area contributed by atoms with E-state index in [2.05, 4.69) is 0 Å². The van der Waals surface area contributed by atoms with E-state index >= 15 is 0 Å². The van der Waals surface area contributed by atoms with Gasteiger partial charge < -0.3 is 19.3 Å². The molecule has 0 spiro atoms. The minimum Gasteiger partial charge on any atom is -0.494 e. The van der Waals surface area contributed by atoms with Crippen LogP contribution < -0.4 is 4.74 Å². The molecule has 0 aromatic heterocycles. The molecule has 2 rings (SSSR count). The Morgan fingerprint density at radius 1 is 1.08 bits per heavy atom. The fourth-order valence-corrected chi connectivity index (χ4v) is 3.13. The maximum absolute atomic E-state index is 10.8. The quantitative estimate of drug-likeness (QED) is 0.695. The lowest BCUT2D eigenvalue weighted by Crippen LogP contribution is -2.05. The molecule has 24 heavy (non-hydrogen) atoms. The molecular formula is C19H26O5. The molecule has 0 saturated heterocycles. The molecule has 0 radical (unpaired) electrons. The van der Waals surface area contributed by atoms with Crippen LogP contribution in [0.1, 0.15) is 57.1 Å². The standard InChI is InChI=1S/C19H26O5/c1-4-22-15-11-7-9-13-14(10-8-12-16(20)21)18(23-5-2)19(17(13)15)24-6-3/h7,9,11,14H,4-6,8,10,12H2,1-3H3,(H,20,21). The molecule has 1 aromatic carbocycles. The first kappa shape index (κ1) is 18.2. The summed E-state index contributed by atoms with van der Waals surface area (Å²) in [4.78, 5) is 10.8. The van der Waals surface area contributed by atoms with E-state index in [1.165, 1.54) is 0 Å². The Labute approximate surface area is 143 Å². The highest BCUT2D eigenvalue weighted by Gasteiger charge is 2.36. The summed E-state index contributed by atoms with van der Waals surface area (Å²) < 4.78 is 17.6. The van der Waals surface area contributed by atoms with E-state index in [0.717, 1.165) is 28.4 Å². The van der Waals surface area contributed by atoms with Crippen molar-refractivity contribution in [2.75, 3.05) is 19.8 Å². The first-order valence-electron chi connectivity index (χ1n) is 8.61. The van der Waals surface area contributed by atoms with Crippen molar-refractivity contribution in [2.45, 2.75) is 46.0 Å². The van der Waals surface area contributed by atoms with Crippen LogP contribution in [-0.4, -0.2) is 30.9 Å². The van der Waals surface area contributed by atoms with Crippen molar-refractivity contribution >= 4 is 11.7 Å². The summed E-state index contributed by atoms with van der Waals surface area (Å²) in [5, 5.41) is 8.91. The fourth-order valence-electron chi connectivity index (χ4n) is 3.13. The highest BCUT2D eigenvalue weighted by atomic mass is 16.5. The molecule has 1 aliphatic carbocycles. The smallest absolute Gasteiger partial charge is 0.303 e. The summed E-state index contributed by atoms with van der Waals surface area (Å²) in [5.74, 6) is 1.56. The topological polar surface area (TPSA) is 65.0 Å². The van der Waals surface area contributed by atoms with Crippen LogP contribution >= 0.6 is 0 Å². The van der Waals surface area contributed by atoms with Crippen molar-refractivity contribution in [3.8, 4) is 5.75 Å². The summed E-state index contributed by atoms with van der Waals surface area (Å²) in [6.45, 7) is 7.48. The first-order valence-corrected chi connectivity index (χ1v) is 8.61. The fraction of sp³-hybridized carbons (Fsp3) is 0.526. The molecule has 0 aliphatic heterocycles. The number of aliphatic carboxylic acids is 1. The SMILES string of the molecule is CCOC1=C(OCC)C(CCCC(=O)O)c2cccc(OCC)c21. The number of rotatable bonds is 10. The molecule has 1 unspecified atom stereocenters. The van der Waals surface area contributed by atoms with Gasteiger partial charge >= 0.3 is 5.97 Å². The van der Waals surface area contributed by atoms with Gasteiger partial charge in [-0.25, -0.2) is 0 Å². The third kappa shape index (κ3) is 3.83. The lowest BCUT2D eigenvalue weighted by Gasteiger charge is -2.16. The number of fused-ring (bicyclic) bond motifs is 1. The van der Waals surface area contributed by atoms with Crippen LogP contribution in [0, 0.1) is 0 Å². The molecule has 5 heteroatoms. The highest BCUT2D eigenvalue weighted by molar-refractivity contribution is 5.77. The Hall–Kier alpha value is -2.17. The van der Waals surface area contributed by atoms with Gasteiger partial charge in [-0.05, 0) is 45.2 Å². The van der Waals surface area contributed by atoms with Crippen LogP contribution in [0.4, 0.5) is 0 Å². The molecule has 1 N–H and O–H groups in total. The van der Waals surface area contributed by atoms with Crippen molar-refractivity contribution in [3.63, 3.8) is 0 Å². The van der Waals surface area contributed by atoms with Crippen LogP contribution in [0.2, 0.25) is 0 Å². The summed E-state index contributed by atoms with van der Waals surface area (Å²) in [6, 6.07) is 5.95. The molecule has 0 heterocycles. The van der Waals surface area contributed by atoms with Gasteiger partial charge in [0.15, 0.2) is 5.76 Å². The average Bonchev–Trinajstić information content (AvgIpc) is 2.83. The Bertz CT molecular complexity index is 606. The molecule has 1 atom stereocenters. The zero-order valence-electron chi connectivity index (χ0n) is 14.6. The lowest BCUT2D eigenvalue weighted by molar-refractivity contribution is -0.137. The van der Waals surface area contributed by atoms with E-state index in [-0.39, 0.29) is 12.3 Å². The predicted molar refractivity (Wildman–Crippen MR) is 92.0 cm³/mol. The number of carboxylic acid groups (broad SMARTS) is 1. The maximum Gasteiger partial charge on any atom is 0.303 e. The van der Waals surface area contributed by atoms with Gasteiger partial charge in [0.1, 0.15) is 11.5 Å². The lowest BCUT2D eigenvalue weighted by atomic mass is 9.94. The van der Waals surface area contributed by atoms with Crippen molar-refractivity contribution in [1.82, 2.24) is 0 Å². The monoisotopic (exact) mass is 334 g/mol. The summed E-state index contributed by atoms with van der Waals surface area (Å²) >= 11 is 0. The second-order valence-electron chi connectivity index (χ2n) is 5.55. The van der Waals surface area contributed by atoms with Gasteiger partial charge in [-0.1, -0.05) is 12.1 Å². The third-order valence-corrected chi connectivity index (χ3v) is 3.97. The van der Waals surface area contributed by atoms with E-state index in [0.29, 0.717) is 32.7 Å². The van der Waals surface area contributed by atoms with Crippen molar-refractivity contribution in [3.05, 3.63) is 35.1 Å². The maximum atomic E-state index is 10.8. The molecule has 1 aliphatic rings. The van der Waals surface area contributed by atoms with Gasteiger partial charge in [0.05, 0.1) is 25.4 Å². The third-order valence-electron chi connectivity index (χ3n) is 3.97. The van der Waals surface area contributed by atoms with Gasteiger partial charge in [0.25, 0.3) is 0 Å². The van der Waals surface area contributed by atoms with Crippen LogP contribution in [0.5, 0.6) is 5.75 Å². The van der Waals surface area contributed by atoms with Crippen LogP contribution in [0.15, 0.2) is 24.0 Å². The Kier molecular flexibility index (Phi) is 6.53. The zero-order valence-corrected chi connectivity index (χ0v) is 14.6. The number of carboxylic acids is 1. The van der Waals surface area contributed by atoms with Gasteiger partial charge in [0, 0.05) is 12.3 Å². The normalized spacial score (nSPS) is 16.0. The minimum atomic E-state index is -0.775. The number of hydrogen-bond donors (Lipinski definition) is 1. The number of carbonyl (C=O) groups is 1. The number of hydrogen-bond acceptors (Lipinski definition) is 4. The molecule has 5 nitrogen and oxygen atoms in total. The Balaban J connectivity index is 2.42. The Morgan fingerprint density at radius 2 is 1.79 bits per heavy atom. The van der Waals surface area contributed by atoms with Crippen LogP contribution in [-0.2, 0) is 14.3 Å². The summed E-state index contributed by atoms with van der Waals surface area (Å²) in [6.07, 6.45) is 1.45. The largest absolute Gasteiger partial charge is 0.494 e. The van der Waals surface area contributed by atoms with E-state index in [4.69, 9.17) is 19.3 Å². The van der Waals surface area contributed by atoms with Crippen LogP contribution in [0.25, 0.3) is 5.76 Å². The highest BCUT2D eigenvalue weighted by Crippen LogP contribution is 2.48. The summed E-state index contributed by atoms with van der Waals surface area (Å²) in [5.41, 5.74) is 2.04. The number of benzene rings is 1. The minimum absolute atomic E-state index is 0.0151. The van der Waals surface area contributed by atoms with Crippen LogP contribution in [0.3, 0.4) is 0 Å². The second-order valence-corrected chi connectivity index (χ2v) is 5.55. The molecule has 0 amide bonds. The predicted octanol–water partition coefficient (Wildman–Crippen LogP) is 4.18. The average molecular weight is 334 g/mol. The van der Waals surface area contributed by atoms with E-state index in [1.807, 2.05) is 39.0 Å². The van der Waals surface area contributed by atoms with Gasteiger partial charge in [-0.3, -0.25) is 4.79 Å². The molecule has 0 saturated carbocycles. The van der Waals surface area contributed by atoms with Crippen molar-refractivity contribution < 1.29 is 24.1 Å². The van der Waals surface area contributed by atoms with Gasteiger partial charge in [-0.15, -0.1) is 0 Å². The Morgan fingerprint density at radius 3 is 2.42 bits per heavy atom. The van der Waals surface area contributed by atoms with E-state index in [1.54, 1.807) is 0 Å². The first-order chi connectivity index (χ1) is 11.6. The van der Waals surface area contributed by atoms with E-state index in [9.17, 15) is 4.79 Å².